The Morgan fingerprint density at radius 2 is 1.80 bits per heavy atom. The Balaban J connectivity index is 2.22. The van der Waals surface area contributed by atoms with Gasteiger partial charge in [0.2, 0.25) is 5.91 Å². The van der Waals surface area contributed by atoms with Gasteiger partial charge in [-0.1, -0.05) is 46.0 Å². The normalized spacial score (nSPS) is 25.9. The molecule has 0 spiro atoms. The lowest BCUT2D eigenvalue weighted by Gasteiger charge is -2.34. The summed E-state index contributed by atoms with van der Waals surface area (Å²) in [5, 5.41) is 12.4. The van der Waals surface area contributed by atoms with E-state index in [9.17, 15) is 10.1 Å². The minimum atomic E-state index is -0.578. The molecule has 1 N–H and O–H groups in total. The van der Waals surface area contributed by atoms with Crippen LogP contribution in [-0.4, -0.2) is 11.4 Å². The van der Waals surface area contributed by atoms with Gasteiger partial charge in [-0.3, -0.25) is 4.79 Å². The molecule has 1 amide bonds. The third-order valence-corrected chi connectivity index (χ3v) is 4.48. The number of hydrogen-bond acceptors (Lipinski definition) is 2. The lowest BCUT2D eigenvalue weighted by Crippen LogP contribution is -2.49. The number of carbonyl (C=O) groups excluding carboxylic acids is 1. The molecule has 1 rings (SSSR count). The Kier molecular flexibility index (Phi) is 7.65. The van der Waals surface area contributed by atoms with Gasteiger partial charge in [-0.2, -0.15) is 5.26 Å². The van der Waals surface area contributed by atoms with Crippen LogP contribution in [0.2, 0.25) is 0 Å². The van der Waals surface area contributed by atoms with Crippen molar-refractivity contribution in [1.82, 2.24) is 5.32 Å². The first-order chi connectivity index (χ1) is 9.62. The average molecular weight is 278 g/mol. The van der Waals surface area contributed by atoms with E-state index in [0.29, 0.717) is 12.3 Å². The smallest absolute Gasteiger partial charge is 0.221 e. The molecule has 0 aromatic rings. The highest BCUT2D eigenvalue weighted by Gasteiger charge is 2.35. The van der Waals surface area contributed by atoms with E-state index < -0.39 is 5.54 Å². The molecule has 20 heavy (non-hydrogen) atoms. The summed E-state index contributed by atoms with van der Waals surface area (Å²) in [5.74, 6) is 0.753. The number of rotatable bonds is 8. The molecule has 3 heteroatoms. The first-order valence-electron chi connectivity index (χ1n) is 8.34. The first-order valence-corrected chi connectivity index (χ1v) is 8.34. The molecule has 0 radical (unpaired) electrons. The van der Waals surface area contributed by atoms with E-state index in [1.165, 1.54) is 25.7 Å². The summed E-state index contributed by atoms with van der Waals surface area (Å²) in [6.07, 6.45) is 11.4. The van der Waals surface area contributed by atoms with Crippen LogP contribution in [0.25, 0.3) is 0 Å². The van der Waals surface area contributed by atoms with Gasteiger partial charge in [-0.05, 0) is 38.0 Å². The SMILES string of the molecule is CCCCCCCCC(=O)NC1(C#N)CCC(C)CC1. The van der Waals surface area contributed by atoms with E-state index in [1.807, 2.05) is 0 Å². The molecular weight excluding hydrogens is 248 g/mol. The van der Waals surface area contributed by atoms with Crippen LogP contribution in [0.15, 0.2) is 0 Å². The fourth-order valence-electron chi connectivity index (χ4n) is 2.91. The van der Waals surface area contributed by atoms with Crippen LogP contribution in [0.4, 0.5) is 0 Å². The maximum atomic E-state index is 12.0. The predicted molar refractivity (Wildman–Crippen MR) is 82.1 cm³/mol. The van der Waals surface area contributed by atoms with E-state index in [1.54, 1.807) is 0 Å². The summed E-state index contributed by atoms with van der Waals surface area (Å²) in [6.45, 7) is 4.43. The van der Waals surface area contributed by atoms with E-state index in [-0.39, 0.29) is 5.91 Å². The number of amides is 1. The highest BCUT2D eigenvalue weighted by atomic mass is 16.1. The second kappa shape index (κ2) is 9.00. The van der Waals surface area contributed by atoms with Crippen molar-refractivity contribution in [2.45, 2.75) is 90.0 Å². The molecule has 0 bridgehead atoms. The molecule has 1 saturated carbocycles. The molecule has 114 valence electrons. The summed E-state index contributed by atoms with van der Waals surface area (Å²) >= 11 is 0. The molecular formula is C17H30N2O. The van der Waals surface area contributed by atoms with Crippen LogP contribution in [0.1, 0.15) is 84.5 Å². The summed E-state index contributed by atoms with van der Waals surface area (Å²) < 4.78 is 0. The molecule has 1 fully saturated rings. The number of nitriles is 1. The molecule has 0 unspecified atom stereocenters. The lowest BCUT2D eigenvalue weighted by atomic mass is 9.78. The Morgan fingerprint density at radius 1 is 1.20 bits per heavy atom. The summed E-state index contributed by atoms with van der Waals surface area (Å²) in [7, 11) is 0. The molecule has 0 aliphatic heterocycles. The Morgan fingerprint density at radius 3 is 2.40 bits per heavy atom. The van der Waals surface area contributed by atoms with Gasteiger partial charge in [0, 0.05) is 6.42 Å². The number of hydrogen-bond donors (Lipinski definition) is 1. The maximum Gasteiger partial charge on any atom is 0.221 e. The van der Waals surface area contributed by atoms with Crippen molar-refractivity contribution in [3.8, 4) is 6.07 Å². The molecule has 0 saturated heterocycles. The van der Waals surface area contributed by atoms with Crippen molar-refractivity contribution in [2.24, 2.45) is 5.92 Å². The van der Waals surface area contributed by atoms with Gasteiger partial charge in [0.1, 0.15) is 5.54 Å². The minimum Gasteiger partial charge on any atom is -0.338 e. The number of nitrogens with one attached hydrogen (secondary N) is 1. The predicted octanol–water partition coefficient (Wildman–Crippen LogP) is 4.33. The third kappa shape index (κ3) is 5.94. The van der Waals surface area contributed by atoms with E-state index in [2.05, 4.69) is 25.2 Å². The van der Waals surface area contributed by atoms with Crippen LogP contribution in [-0.2, 0) is 4.79 Å². The average Bonchev–Trinajstić information content (AvgIpc) is 2.45. The maximum absolute atomic E-state index is 12.0. The van der Waals surface area contributed by atoms with Crippen LogP contribution in [0, 0.1) is 17.2 Å². The summed E-state index contributed by atoms with van der Waals surface area (Å²) in [4.78, 5) is 12.0. The Hall–Kier alpha value is -1.04. The fourth-order valence-corrected chi connectivity index (χ4v) is 2.91. The van der Waals surface area contributed by atoms with Gasteiger partial charge < -0.3 is 5.32 Å². The van der Waals surface area contributed by atoms with E-state index in [4.69, 9.17) is 0 Å². The molecule has 0 atom stereocenters. The number of nitrogens with zero attached hydrogens (tertiary/aromatic N) is 1. The van der Waals surface area contributed by atoms with Crippen molar-refractivity contribution >= 4 is 5.91 Å². The second-order valence-corrected chi connectivity index (χ2v) is 6.44. The van der Waals surface area contributed by atoms with Crippen molar-refractivity contribution in [3.05, 3.63) is 0 Å². The highest BCUT2D eigenvalue weighted by molar-refractivity contribution is 5.77. The van der Waals surface area contributed by atoms with E-state index in [0.717, 1.165) is 38.5 Å². The lowest BCUT2D eigenvalue weighted by molar-refractivity contribution is -0.123. The Bertz CT molecular complexity index is 324. The quantitative estimate of drug-likeness (QED) is 0.672. The molecule has 0 aromatic heterocycles. The van der Waals surface area contributed by atoms with Crippen molar-refractivity contribution in [3.63, 3.8) is 0 Å². The third-order valence-electron chi connectivity index (χ3n) is 4.48. The van der Waals surface area contributed by atoms with Crippen LogP contribution >= 0.6 is 0 Å². The zero-order valence-corrected chi connectivity index (χ0v) is 13.2. The van der Waals surface area contributed by atoms with Gasteiger partial charge in [0.05, 0.1) is 6.07 Å². The monoisotopic (exact) mass is 278 g/mol. The van der Waals surface area contributed by atoms with Crippen molar-refractivity contribution in [2.75, 3.05) is 0 Å². The van der Waals surface area contributed by atoms with Crippen LogP contribution < -0.4 is 5.32 Å². The second-order valence-electron chi connectivity index (χ2n) is 6.44. The van der Waals surface area contributed by atoms with Gasteiger partial charge in [-0.15, -0.1) is 0 Å². The van der Waals surface area contributed by atoms with Gasteiger partial charge >= 0.3 is 0 Å². The van der Waals surface area contributed by atoms with Gasteiger partial charge in [0.15, 0.2) is 0 Å². The minimum absolute atomic E-state index is 0.0663. The zero-order valence-electron chi connectivity index (χ0n) is 13.2. The van der Waals surface area contributed by atoms with Crippen molar-refractivity contribution in [1.29, 1.82) is 5.26 Å². The van der Waals surface area contributed by atoms with Gasteiger partial charge in [0.25, 0.3) is 0 Å². The van der Waals surface area contributed by atoms with Gasteiger partial charge in [-0.25, -0.2) is 0 Å². The molecule has 1 aliphatic carbocycles. The standard InChI is InChI=1S/C17H30N2O/c1-3-4-5-6-7-8-9-16(20)19-17(14-18)12-10-15(2)11-13-17/h15H,3-13H2,1-2H3,(H,19,20). The fraction of sp³-hybridized carbons (Fsp3) is 0.882. The Labute approximate surface area is 124 Å². The summed E-state index contributed by atoms with van der Waals surface area (Å²) in [5.41, 5.74) is -0.578. The molecule has 0 heterocycles. The molecule has 3 nitrogen and oxygen atoms in total. The molecule has 0 aromatic carbocycles. The number of unbranched alkanes of at least 4 members (excludes halogenated alkanes) is 5. The first kappa shape index (κ1) is 17.0. The van der Waals surface area contributed by atoms with Crippen LogP contribution in [0.3, 0.4) is 0 Å². The molecule has 1 aliphatic rings. The summed E-state index contributed by atoms with van der Waals surface area (Å²) in [6, 6.07) is 2.36. The zero-order chi connectivity index (χ0) is 14.8. The number of carbonyl (C=O) groups is 1. The van der Waals surface area contributed by atoms with Crippen LogP contribution in [0.5, 0.6) is 0 Å². The van der Waals surface area contributed by atoms with E-state index >= 15 is 0 Å². The largest absolute Gasteiger partial charge is 0.338 e. The highest BCUT2D eigenvalue weighted by Crippen LogP contribution is 2.31. The topological polar surface area (TPSA) is 52.9 Å². The van der Waals surface area contributed by atoms with Crippen molar-refractivity contribution < 1.29 is 4.79 Å².